The first kappa shape index (κ1) is 16.5. The normalized spacial score (nSPS) is 11.8. The minimum absolute atomic E-state index is 0.292. The van der Waals surface area contributed by atoms with Crippen LogP contribution in [0.25, 0.3) is 17.0 Å². The highest BCUT2D eigenvalue weighted by Crippen LogP contribution is 2.19. The molecule has 0 radical (unpaired) electrons. The fourth-order valence-electron chi connectivity index (χ4n) is 3.12. The predicted molar refractivity (Wildman–Crippen MR) is 92.7 cm³/mol. The van der Waals surface area contributed by atoms with Gasteiger partial charge in [0.25, 0.3) is 5.56 Å². The van der Waals surface area contributed by atoms with Crippen molar-refractivity contribution in [3.05, 3.63) is 32.3 Å². The number of oxazole rings is 1. The average Bonchev–Trinajstić information content (AvgIpc) is 3.05. The molecule has 0 atom stereocenters. The van der Waals surface area contributed by atoms with Crippen molar-refractivity contribution in [2.24, 2.45) is 7.05 Å². The zero-order valence-electron chi connectivity index (χ0n) is 14.8. The number of fused-ring (bicyclic) bond motifs is 3. The fourth-order valence-corrected chi connectivity index (χ4v) is 3.12. The highest BCUT2D eigenvalue weighted by Gasteiger charge is 2.20. The fraction of sp³-hybridized carbons (Fsp3) is 0.588. The number of rotatable bonds is 6. The summed E-state index contributed by atoms with van der Waals surface area (Å²) >= 11 is 0. The van der Waals surface area contributed by atoms with Crippen molar-refractivity contribution >= 4 is 17.0 Å². The van der Waals surface area contributed by atoms with Crippen LogP contribution in [0.1, 0.15) is 50.5 Å². The molecule has 3 rings (SSSR count). The number of aromatic nitrogens is 4. The van der Waals surface area contributed by atoms with Crippen molar-refractivity contribution < 1.29 is 4.42 Å². The van der Waals surface area contributed by atoms with Crippen molar-refractivity contribution in [3.63, 3.8) is 0 Å². The Kier molecular flexibility index (Phi) is 4.34. The number of aryl methyl sites for hydroxylation is 3. The lowest BCUT2D eigenvalue weighted by molar-refractivity contribution is 0.531. The summed E-state index contributed by atoms with van der Waals surface area (Å²) < 4.78 is 10.0. The highest BCUT2D eigenvalue weighted by atomic mass is 16.4. The van der Waals surface area contributed by atoms with Crippen LogP contribution < -0.4 is 11.2 Å². The van der Waals surface area contributed by atoms with E-state index in [0.29, 0.717) is 23.6 Å². The molecular formula is C17H24N4O3. The molecule has 0 spiro atoms. The molecule has 0 fully saturated rings. The Morgan fingerprint density at radius 1 is 1.08 bits per heavy atom. The van der Waals surface area contributed by atoms with Crippen molar-refractivity contribution in [1.82, 2.24) is 18.5 Å². The molecule has 0 unspecified atom stereocenters. The van der Waals surface area contributed by atoms with Crippen molar-refractivity contribution in [2.45, 2.75) is 59.4 Å². The van der Waals surface area contributed by atoms with Crippen LogP contribution in [-0.2, 0) is 13.6 Å². The van der Waals surface area contributed by atoms with E-state index in [2.05, 4.69) is 11.9 Å². The highest BCUT2D eigenvalue weighted by molar-refractivity contribution is 5.75. The zero-order chi connectivity index (χ0) is 17.4. The van der Waals surface area contributed by atoms with Crippen LogP contribution in [0.5, 0.6) is 0 Å². The average molecular weight is 332 g/mol. The molecule has 0 aliphatic rings. The maximum atomic E-state index is 12.9. The topological polar surface area (TPSA) is 74.4 Å². The van der Waals surface area contributed by atoms with E-state index in [9.17, 15) is 9.59 Å². The quantitative estimate of drug-likeness (QED) is 0.650. The molecule has 0 aliphatic heterocycles. The van der Waals surface area contributed by atoms with E-state index in [0.717, 1.165) is 30.7 Å². The molecule has 0 aliphatic carbocycles. The van der Waals surface area contributed by atoms with Crippen LogP contribution in [0, 0.1) is 13.8 Å². The van der Waals surface area contributed by atoms with Crippen LogP contribution in [0.15, 0.2) is 14.0 Å². The first-order valence-electron chi connectivity index (χ1n) is 8.55. The maximum Gasteiger partial charge on any atom is 0.332 e. The SMILES string of the molecule is CCCCCCCn1c(=O)c2c(nc3oc(C)c(C)n32)n(C)c1=O. The molecule has 0 N–H and O–H groups in total. The number of nitrogens with zero attached hydrogens (tertiary/aromatic N) is 4. The summed E-state index contributed by atoms with van der Waals surface area (Å²) in [7, 11) is 1.65. The number of hydrogen-bond donors (Lipinski definition) is 0. The van der Waals surface area contributed by atoms with Gasteiger partial charge in [-0.15, -0.1) is 0 Å². The van der Waals surface area contributed by atoms with Crippen LogP contribution >= 0.6 is 0 Å². The van der Waals surface area contributed by atoms with E-state index in [1.165, 1.54) is 22.0 Å². The number of hydrogen-bond acceptors (Lipinski definition) is 4. The van der Waals surface area contributed by atoms with Gasteiger partial charge in [-0.3, -0.25) is 18.3 Å². The van der Waals surface area contributed by atoms with E-state index in [-0.39, 0.29) is 11.2 Å². The lowest BCUT2D eigenvalue weighted by Crippen LogP contribution is -2.39. The van der Waals surface area contributed by atoms with Gasteiger partial charge in [0.2, 0.25) is 0 Å². The van der Waals surface area contributed by atoms with E-state index in [1.807, 2.05) is 13.8 Å². The van der Waals surface area contributed by atoms with Gasteiger partial charge >= 0.3 is 11.5 Å². The molecule has 0 amide bonds. The van der Waals surface area contributed by atoms with Crippen molar-refractivity contribution in [1.29, 1.82) is 0 Å². The Balaban J connectivity index is 2.11. The monoisotopic (exact) mass is 332 g/mol. The van der Waals surface area contributed by atoms with Gasteiger partial charge in [0, 0.05) is 13.6 Å². The van der Waals surface area contributed by atoms with Gasteiger partial charge in [-0.05, 0) is 20.3 Å². The molecule has 3 aromatic rings. The van der Waals surface area contributed by atoms with E-state index in [1.54, 1.807) is 11.4 Å². The zero-order valence-corrected chi connectivity index (χ0v) is 14.8. The largest absolute Gasteiger partial charge is 0.428 e. The Labute approximate surface area is 139 Å². The first-order chi connectivity index (χ1) is 11.5. The third-order valence-electron chi connectivity index (χ3n) is 4.69. The van der Waals surface area contributed by atoms with Crippen LogP contribution in [0.4, 0.5) is 0 Å². The Morgan fingerprint density at radius 2 is 1.79 bits per heavy atom. The molecular weight excluding hydrogens is 308 g/mol. The van der Waals surface area contributed by atoms with E-state index in [4.69, 9.17) is 4.42 Å². The van der Waals surface area contributed by atoms with Gasteiger partial charge in [0.1, 0.15) is 5.76 Å². The van der Waals surface area contributed by atoms with Gasteiger partial charge in [-0.1, -0.05) is 32.6 Å². The second-order valence-electron chi connectivity index (χ2n) is 6.36. The second kappa shape index (κ2) is 6.30. The standard InChI is InChI=1S/C17H24N4O3/c1-5-6-7-8-9-10-20-15(22)13-14(19(4)17(20)23)18-16-21(13)11(2)12(3)24-16/h5-10H2,1-4H3. The lowest BCUT2D eigenvalue weighted by atomic mass is 10.1. The van der Waals surface area contributed by atoms with E-state index < -0.39 is 0 Å². The van der Waals surface area contributed by atoms with E-state index >= 15 is 0 Å². The molecule has 0 saturated carbocycles. The van der Waals surface area contributed by atoms with Gasteiger partial charge < -0.3 is 4.42 Å². The third kappa shape index (κ3) is 2.48. The summed E-state index contributed by atoms with van der Waals surface area (Å²) in [6, 6.07) is 0. The Bertz CT molecular complexity index is 1000. The van der Waals surface area contributed by atoms with Gasteiger partial charge in [-0.2, -0.15) is 4.98 Å². The third-order valence-corrected chi connectivity index (χ3v) is 4.69. The van der Waals surface area contributed by atoms with Crippen LogP contribution in [0.2, 0.25) is 0 Å². The Morgan fingerprint density at radius 3 is 2.50 bits per heavy atom. The minimum Gasteiger partial charge on any atom is -0.428 e. The Hall–Kier alpha value is -2.31. The van der Waals surface area contributed by atoms with Gasteiger partial charge in [0.05, 0.1) is 5.69 Å². The van der Waals surface area contributed by atoms with Gasteiger partial charge in [-0.25, -0.2) is 4.79 Å². The molecule has 7 nitrogen and oxygen atoms in total. The second-order valence-corrected chi connectivity index (χ2v) is 6.36. The predicted octanol–water partition coefficient (Wildman–Crippen LogP) is 2.53. The maximum absolute atomic E-state index is 12.9. The lowest BCUT2D eigenvalue weighted by Gasteiger charge is -2.08. The van der Waals surface area contributed by atoms with Gasteiger partial charge in [0.15, 0.2) is 11.2 Å². The molecule has 3 aromatic heterocycles. The summed E-state index contributed by atoms with van der Waals surface area (Å²) in [5, 5.41) is 0. The van der Waals surface area contributed by atoms with Crippen LogP contribution in [0.3, 0.4) is 0 Å². The molecule has 0 bridgehead atoms. The molecule has 130 valence electrons. The molecule has 24 heavy (non-hydrogen) atoms. The summed E-state index contributed by atoms with van der Waals surface area (Å²) in [6.07, 6.45) is 5.33. The summed E-state index contributed by atoms with van der Waals surface area (Å²) in [6.45, 7) is 6.32. The van der Waals surface area contributed by atoms with Crippen LogP contribution in [-0.4, -0.2) is 18.5 Å². The number of imidazole rings is 1. The molecule has 3 heterocycles. The smallest absolute Gasteiger partial charge is 0.332 e. The minimum atomic E-state index is -0.321. The first-order valence-corrected chi connectivity index (χ1v) is 8.55. The number of unbranched alkanes of at least 4 members (excludes halogenated alkanes) is 4. The summed E-state index contributed by atoms with van der Waals surface area (Å²) in [5.74, 6) is 1.08. The summed E-state index contributed by atoms with van der Waals surface area (Å²) in [5.41, 5.74) is 1.000. The van der Waals surface area contributed by atoms with Crippen molar-refractivity contribution in [3.8, 4) is 0 Å². The molecule has 0 saturated heterocycles. The van der Waals surface area contributed by atoms with Crippen molar-refractivity contribution in [2.75, 3.05) is 0 Å². The summed E-state index contributed by atoms with van der Waals surface area (Å²) in [4.78, 5) is 29.8. The molecule has 0 aromatic carbocycles. The molecule has 7 heteroatoms.